The van der Waals surface area contributed by atoms with Crippen molar-refractivity contribution in [3.63, 3.8) is 0 Å². The molecule has 1 aromatic carbocycles. The number of para-hydroxylation sites is 1. The molecule has 0 aliphatic carbocycles. The summed E-state index contributed by atoms with van der Waals surface area (Å²) in [6.45, 7) is 5.23. The number of carbonyl (C=O) groups excluding carboxylic acids is 2. The van der Waals surface area contributed by atoms with Crippen LogP contribution in [0.5, 0.6) is 5.75 Å². The molecule has 1 aromatic rings. The lowest BCUT2D eigenvalue weighted by Crippen LogP contribution is -2.44. The minimum atomic E-state index is -0.804. The van der Waals surface area contributed by atoms with Crippen LogP contribution in [0.25, 0.3) is 0 Å². The molecule has 5 heteroatoms. The molecule has 0 bridgehead atoms. The summed E-state index contributed by atoms with van der Waals surface area (Å²) in [5.41, 5.74) is 1.96. The molecule has 19 heavy (non-hydrogen) atoms. The second-order valence-electron chi connectivity index (χ2n) is 4.31. The highest BCUT2D eigenvalue weighted by Gasteiger charge is 2.21. The van der Waals surface area contributed by atoms with E-state index in [2.05, 4.69) is 10.1 Å². The van der Waals surface area contributed by atoms with E-state index in [-0.39, 0.29) is 12.5 Å². The number of ether oxygens (including phenoxy) is 2. The fourth-order valence-electron chi connectivity index (χ4n) is 1.75. The van der Waals surface area contributed by atoms with Gasteiger partial charge in [0.1, 0.15) is 12.4 Å². The first-order valence-corrected chi connectivity index (χ1v) is 5.99. The van der Waals surface area contributed by atoms with Gasteiger partial charge >= 0.3 is 5.97 Å². The summed E-state index contributed by atoms with van der Waals surface area (Å²) in [4.78, 5) is 22.6. The predicted octanol–water partition coefficient (Wildman–Crippen LogP) is 1.36. The monoisotopic (exact) mass is 265 g/mol. The van der Waals surface area contributed by atoms with Gasteiger partial charge in [-0.15, -0.1) is 0 Å². The number of benzene rings is 1. The Morgan fingerprint density at radius 2 is 1.84 bits per heavy atom. The van der Waals surface area contributed by atoms with Crippen molar-refractivity contribution in [2.45, 2.75) is 26.8 Å². The lowest BCUT2D eigenvalue weighted by atomic mass is 10.1. The summed E-state index contributed by atoms with van der Waals surface area (Å²) in [5.74, 6) is -0.108. The van der Waals surface area contributed by atoms with E-state index in [9.17, 15) is 9.59 Å². The molecule has 0 heterocycles. The molecule has 1 rings (SSSR count). The highest BCUT2D eigenvalue weighted by atomic mass is 16.5. The van der Waals surface area contributed by atoms with E-state index in [1.807, 2.05) is 32.0 Å². The molecule has 1 N–H and O–H groups in total. The Morgan fingerprint density at radius 3 is 2.32 bits per heavy atom. The summed E-state index contributed by atoms with van der Waals surface area (Å²) in [6, 6.07) is 4.98. The fourth-order valence-corrected chi connectivity index (χ4v) is 1.75. The fraction of sp³-hybridized carbons (Fsp3) is 0.429. The zero-order valence-corrected chi connectivity index (χ0v) is 11.6. The Kier molecular flexibility index (Phi) is 5.36. The van der Waals surface area contributed by atoms with Crippen LogP contribution in [-0.4, -0.2) is 31.6 Å². The Bertz CT molecular complexity index is 450. The highest BCUT2D eigenvalue weighted by Crippen LogP contribution is 2.22. The Hall–Kier alpha value is -2.04. The Balaban J connectivity index is 2.76. The van der Waals surface area contributed by atoms with Crippen LogP contribution < -0.4 is 10.1 Å². The zero-order valence-electron chi connectivity index (χ0n) is 11.6. The Morgan fingerprint density at radius 1 is 1.26 bits per heavy atom. The van der Waals surface area contributed by atoms with Crippen LogP contribution >= 0.6 is 0 Å². The Labute approximate surface area is 112 Å². The molecule has 5 nitrogen and oxygen atoms in total. The van der Waals surface area contributed by atoms with Gasteiger partial charge in [-0.05, 0) is 25.0 Å². The molecule has 0 fully saturated rings. The van der Waals surface area contributed by atoms with Gasteiger partial charge in [0, 0.05) is 6.92 Å². The molecule has 104 valence electrons. The number of hydrogen-bond donors (Lipinski definition) is 1. The smallest absolute Gasteiger partial charge is 0.331 e. The van der Waals surface area contributed by atoms with Crippen molar-refractivity contribution in [2.24, 2.45) is 0 Å². The second-order valence-corrected chi connectivity index (χ2v) is 4.31. The number of aryl methyl sites for hydroxylation is 2. The maximum atomic E-state index is 11.5. The van der Waals surface area contributed by atoms with Gasteiger partial charge in [-0.1, -0.05) is 18.2 Å². The van der Waals surface area contributed by atoms with E-state index >= 15 is 0 Å². The molecule has 0 saturated carbocycles. The van der Waals surface area contributed by atoms with Gasteiger partial charge in [-0.3, -0.25) is 4.79 Å². The lowest BCUT2D eigenvalue weighted by Gasteiger charge is -2.18. The van der Waals surface area contributed by atoms with Crippen molar-refractivity contribution in [1.29, 1.82) is 0 Å². The lowest BCUT2D eigenvalue weighted by molar-refractivity contribution is -0.145. The first-order chi connectivity index (χ1) is 8.95. The van der Waals surface area contributed by atoms with E-state index in [1.165, 1.54) is 14.0 Å². The van der Waals surface area contributed by atoms with Gasteiger partial charge in [-0.25, -0.2) is 4.79 Å². The molecule has 1 atom stereocenters. The van der Waals surface area contributed by atoms with Crippen LogP contribution in [0, 0.1) is 13.8 Å². The van der Waals surface area contributed by atoms with Crippen molar-refractivity contribution < 1.29 is 19.1 Å². The third kappa shape index (κ3) is 4.28. The van der Waals surface area contributed by atoms with Crippen LogP contribution in [0.4, 0.5) is 0 Å². The van der Waals surface area contributed by atoms with E-state index in [0.717, 1.165) is 16.9 Å². The number of nitrogens with one attached hydrogen (secondary N) is 1. The number of hydrogen-bond acceptors (Lipinski definition) is 4. The van der Waals surface area contributed by atoms with Gasteiger partial charge in [-0.2, -0.15) is 0 Å². The molecule has 1 unspecified atom stereocenters. The highest BCUT2D eigenvalue weighted by molar-refractivity contribution is 5.83. The molecular formula is C14H19NO4. The number of rotatable bonds is 5. The van der Waals surface area contributed by atoms with Crippen LogP contribution in [0.3, 0.4) is 0 Å². The number of methoxy groups -OCH3 is 1. The van der Waals surface area contributed by atoms with Gasteiger partial charge in [0.25, 0.3) is 0 Å². The van der Waals surface area contributed by atoms with Crippen molar-refractivity contribution >= 4 is 11.9 Å². The molecule has 1 amide bonds. The summed E-state index contributed by atoms with van der Waals surface area (Å²) in [6.07, 6.45) is 0. The molecule has 0 aliphatic rings. The first-order valence-electron chi connectivity index (χ1n) is 5.99. The molecule has 0 saturated heterocycles. The van der Waals surface area contributed by atoms with Gasteiger partial charge in [0.05, 0.1) is 7.11 Å². The number of esters is 1. The summed E-state index contributed by atoms with van der Waals surface area (Å²) in [5, 5.41) is 2.50. The van der Waals surface area contributed by atoms with Gasteiger partial charge in [0.15, 0.2) is 6.04 Å². The third-order valence-corrected chi connectivity index (χ3v) is 2.67. The van der Waals surface area contributed by atoms with Crippen molar-refractivity contribution in [2.75, 3.05) is 13.7 Å². The standard InChI is InChI=1S/C14H19NO4/c1-9-6-5-7-10(2)13(9)19-8-12(14(17)18-4)15-11(3)16/h5-7,12H,8H2,1-4H3,(H,15,16). The maximum Gasteiger partial charge on any atom is 0.331 e. The van der Waals surface area contributed by atoms with Crippen LogP contribution in [0.15, 0.2) is 18.2 Å². The van der Waals surface area contributed by atoms with E-state index < -0.39 is 12.0 Å². The predicted molar refractivity (Wildman–Crippen MR) is 71.0 cm³/mol. The topological polar surface area (TPSA) is 64.6 Å². The number of carbonyl (C=O) groups is 2. The van der Waals surface area contributed by atoms with Crippen LogP contribution in [0.2, 0.25) is 0 Å². The largest absolute Gasteiger partial charge is 0.490 e. The molecule has 0 aromatic heterocycles. The van der Waals surface area contributed by atoms with Crippen molar-refractivity contribution in [1.82, 2.24) is 5.32 Å². The average molecular weight is 265 g/mol. The van der Waals surface area contributed by atoms with E-state index in [4.69, 9.17) is 4.74 Å². The first kappa shape index (κ1) is 15.0. The minimum absolute atomic E-state index is 0.0396. The second kappa shape index (κ2) is 6.78. The average Bonchev–Trinajstić information content (AvgIpc) is 2.35. The van der Waals surface area contributed by atoms with E-state index in [0.29, 0.717) is 0 Å². The molecule has 0 radical (unpaired) electrons. The maximum absolute atomic E-state index is 11.5. The van der Waals surface area contributed by atoms with Crippen molar-refractivity contribution in [3.05, 3.63) is 29.3 Å². The van der Waals surface area contributed by atoms with Crippen LogP contribution in [0.1, 0.15) is 18.1 Å². The number of amides is 1. The van der Waals surface area contributed by atoms with Crippen molar-refractivity contribution in [3.8, 4) is 5.75 Å². The molecular weight excluding hydrogens is 246 g/mol. The van der Waals surface area contributed by atoms with Gasteiger partial charge in [0.2, 0.25) is 5.91 Å². The summed E-state index contributed by atoms with van der Waals surface area (Å²) in [7, 11) is 1.27. The SMILES string of the molecule is COC(=O)C(COc1c(C)cccc1C)NC(C)=O. The zero-order chi connectivity index (χ0) is 14.4. The summed E-state index contributed by atoms with van der Waals surface area (Å²) < 4.78 is 10.3. The third-order valence-electron chi connectivity index (χ3n) is 2.67. The van der Waals surface area contributed by atoms with Gasteiger partial charge < -0.3 is 14.8 Å². The molecule has 0 spiro atoms. The normalized spacial score (nSPS) is 11.6. The summed E-state index contributed by atoms with van der Waals surface area (Å²) >= 11 is 0. The van der Waals surface area contributed by atoms with Crippen LogP contribution in [-0.2, 0) is 14.3 Å². The molecule has 0 aliphatic heterocycles. The van der Waals surface area contributed by atoms with E-state index in [1.54, 1.807) is 0 Å². The quantitative estimate of drug-likeness (QED) is 0.816. The minimum Gasteiger partial charge on any atom is -0.490 e.